The molecule has 6 heteroatoms. The lowest BCUT2D eigenvalue weighted by atomic mass is 10.2. The van der Waals surface area contributed by atoms with E-state index in [1.54, 1.807) is 12.3 Å². The van der Waals surface area contributed by atoms with Crippen LogP contribution >= 0.6 is 0 Å². The van der Waals surface area contributed by atoms with Gasteiger partial charge < -0.3 is 15.7 Å². The molecular formula is C15H26N4O2. The maximum absolute atomic E-state index is 10.5. The van der Waals surface area contributed by atoms with E-state index in [0.717, 1.165) is 45.7 Å². The van der Waals surface area contributed by atoms with Crippen molar-refractivity contribution in [3.63, 3.8) is 0 Å². The second-order valence-corrected chi connectivity index (χ2v) is 5.05. The highest BCUT2D eigenvalue weighted by Gasteiger charge is 2.15. The van der Waals surface area contributed by atoms with Gasteiger partial charge in [0.1, 0.15) is 5.82 Å². The molecule has 1 saturated heterocycles. The Bertz CT molecular complexity index is 396. The number of piperazine rings is 1. The summed E-state index contributed by atoms with van der Waals surface area (Å²) in [6.45, 7) is 7.66. The molecule has 3 N–H and O–H groups in total. The normalized spacial score (nSPS) is 18.8. The molecule has 1 fully saturated rings. The van der Waals surface area contributed by atoms with Crippen molar-refractivity contribution in [3.8, 4) is 0 Å². The van der Waals surface area contributed by atoms with Gasteiger partial charge in [0.2, 0.25) is 0 Å². The molecule has 1 rings (SSSR count). The SMILES string of the molecule is C\C=N/C(N)=C\C=C\CN1CCN(CCCC(=O)O)CC1. The lowest BCUT2D eigenvalue weighted by Crippen LogP contribution is -2.46. The van der Waals surface area contributed by atoms with E-state index in [9.17, 15) is 4.79 Å². The molecule has 0 bridgehead atoms. The van der Waals surface area contributed by atoms with Gasteiger partial charge in [-0.25, -0.2) is 4.99 Å². The molecule has 0 aromatic rings. The van der Waals surface area contributed by atoms with Crippen LogP contribution in [0.25, 0.3) is 0 Å². The van der Waals surface area contributed by atoms with Crippen molar-refractivity contribution >= 4 is 12.2 Å². The average Bonchev–Trinajstić information content (AvgIpc) is 2.45. The van der Waals surface area contributed by atoms with E-state index in [0.29, 0.717) is 5.82 Å². The largest absolute Gasteiger partial charge is 0.481 e. The molecule has 6 nitrogen and oxygen atoms in total. The Kier molecular flexibility index (Phi) is 8.38. The third-order valence-corrected chi connectivity index (χ3v) is 3.37. The third-order valence-electron chi connectivity index (χ3n) is 3.37. The van der Waals surface area contributed by atoms with Gasteiger partial charge in [-0.2, -0.15) is 0 Å². The van der Waals surface area contributed by atoms with Crippen LogP contribution in [0.1, 0.15) is 19.8 Å². The molecule has 0 radical (unpaired) electrons. The standard InChI is InChI=1S/C15H26N4O2/c1-2-17-14(16)6-3-4-8-18-10-12-19(13-11-18)9-5-7-15(20)21/h2-4,6H,5,7-13,16H2,1H3,(H,20,21)/b4-3+,14-6-,17-2-. The van der Waals surface area contributed by atoms with Gasteiger partial charge in [0.25, 0.3) is 0 Å². The number of carbonyl (C=O) groups is 1. The van der Waals surface area contributed by atoms with Crippen molar-refractivity contribution in [3.05, 3.63) is 24.0 Å². The van der Waals surface area contributed by atoms with Gasteiger partial charge in [-0.15, -0.1) is 0 Å². The van der Waals surface area contributed by atoms with Crippen molar-refractivity contribution in [1.82, 2.24) is 9.80 Å². The molecule has 1 aliphatic heterocycles. The second-order valence-electron chi connectivity index (χ2n) is 5.05. The number of hydrogen-bond donors (Lipinski definition) is 2. The Morgan fingerprint density at radius 1 is 1.29 bits per heavy atom. The molecule has 0 spiro atoms. The summed E-state index contributed by atoms with van der Waals surface area (Å²) in [5.74, 6) is -0.199. The molecule has 0 saturated carbocycles. The van der Waals surface area contributed by atoms with Crippen LogP contribution in [-0.2, 0) is 4.79 Å². The highest BCUT2D eigenvalue weighted by atomic mass is 16.4. The summed E-state index contributed by atoms with van der Waals surface area (Å²) >= 11 is 0. The maximum atomic E-state index is 10.5. The minimum absolute atomic E-state index is 0.261. The summed E-state index contributed by atoms with van der Waals surface area (Å²) in [7, 11) is 0. The zero-order valence-corrected chi connectivity index (χ0v) is 12.7. The fourth-order valence-corrected chi connectivity index (χ4v) is 2.22. The summed E-state index contributed by atoms with van der Waals surface area (Å²) in [5.41, 5.74) is 5.64. The lowest BCUT2D eigenvalue weighted by Gasteiger charge is -2.34. The number of rotatable bonds is 8. The molecule has 0 aliphatic carbocycles. The smallest absolute Gasteiger partial charge is 0.303 e. The van der Waals surface area contributed by atoms with Crippen LogP contribution in [0, 0.1) is 0 Å². The van der Waals surface area contributed by atoms with Crippen LogP contribution in [0.15, 0.2) is 29.0 Å². The fraction of sp³-hybridized carbons (Fsp3) is 0.600. The van der Waals surface area contributed by atoms with Crippen LogP contribution in [0.5, 0.6) is 0 Å². The van der Waals surface area contributed by atoms with E-state index in [1.165, 1.54) is 0 Å². The Morgan fingerprint density at radius 2 is 1.95 bits per heavy atom. The van der Waals surface area contributed by atoms with E-state index >= 15 is 0 Å². The molecular weight excluding hydrogens is 268 g/mol. The summed E-state index contributed by atoms with van der Waals surface area (Å²) in [6, 6.07) is 0. The van der Waals surface area contributed by atoms with E-state index in [4.69, 9.17) is 10.8 Å². The van der Waals surface area contributed by atoms with Gasteiger partial charge in [-0.05, 0) is 26.0 Å². The van der Waals surface area contributed by atoms with Gasteiger partial charge in [0, 0.05) is 45.4 Å². The van der Waals surface area contributed by atoms with Crippen LogP contribution in [-0.4, -0.2) is 66.4 Å². The second kappa shape index (κ2) is 10.1. The fourth-order valence-electron chi connectivity index (χ4n) is 2.22. The van der Waals surface area contributed by atoms with Crippen LogP contribution < -0.4 is 5.73 Å². The van der Waals surface area contributed by atoms with E-state index in [-0.39, 0.29) is 6.42 Å². The number of allylic oxidation sites excluding steroid dienone is 2. The van der Waals surface area contributed by atoms with Gasteiger partial charge in [-0.3, -0.25) is 9.69 Å². The van der Waals surface area contributed by atoms with E-state index in [2.05, 4.69) is 20.9 Å². The summed E-state index contributed by atoms with van der Waals surface area (Å²) < 4.78 is 0. The Labute approximate surface area is 126 Å². The Morgan fingerprint density at radius 3 is 2.57 bits per heavy atom. The first-order valence-corrected chi connectivity index (χ1v) is 7.39. The topological polar surface area (TPSA) is 82.2 Å². The first-order valence-electron chi connectivity index (χ1n) is 7.39. The average molecular weight is 294 g/mol. The monoisotopic (exact) mass is 294 g/mol. The first-order chi connectivity index (χ1) is 10.1. The molecule has 1 aliphatic rings. The predicted octanol–water partition coefficient (Wildman–Crippen LogP) is 0.916. The summed E-state index contributed by atoms with van der Waals surface area (Å²) in [4.78, 5) is 19.1. The minimum Gasteiger partial charge on any atom is -0.481 e. The van der Waals surface area contributed by atoms with Gasteiger partial charge in [0.05, 0.1) is 0 Å². The number of aliphatic imine (C=N–C) groups is 1. The van der Waals surface area contributed by atoms with Crippen molar-refractivity contribution in [2.75, 3.05) is 39.3 Å². The predicted molar refractivity (Wildman–Crippen MR) is 85.3 cm³/mol. The summed E-state index contributed by atoms with van der Waals surface area (Å²) in [5, 5.41) is 8.62. The molecule has 118 valence electrons. The zero-order chi connectivity index (χ0) is 15.5. The molecule has 0 aromatic heterocycles. The number of carboxylic acid groups (broad SMARTS) is 1. The highest BCUT2D eigenvalue weighted by Crippen LogP contribution is 2.03. The molecule has 0 aromatic carbocycles. The Balaban J connectivity index is 2.17. The number of aliphatic carboxylic acids is 1. The first kappa shape index (κ1) is 17.4. The van der Waals surface area contributed by atoms with Crippen molar-refractivity contribution < 1.29 is 9.90 Å². The van der Waals surface area contributed by atoms with Gasteiger partial charge in [-0.1, -0.05) is 12.2 Å². The minimum atomic E-state index is -0.710. The zero-order valence-electron chi connectivity index (χ0n) is 12.7. The Hall–Kier alpha value is -1.66. The number of carboxylic acids is 1. The van der Waals surface area contributed by atoms with Crippen molar-refractivity contribution in [2.24, 2.45) is 10.7 Å². The number of nitrogens with two attached hydrogens (primary N) is 1. The highest BCUT2D eigenvalue weighted by molar-refractivity contribution is 5.66. The molecule has 0 atom stereocenters. The van der Waals surface area contributed by atoms with Crippen LogP contribution in [0.4, 0.5) is 0 Å². The molecule has 0 amide bonds. The molecule has 0 unspecified atom stereocenters. The quantitative estimate of drug-likeness (QED) is 0.514. The lowest BCUT2D eigenvalue weighted by molar-refractivity contribution is -0.137. The summed E-state index contributed by atoms with van der Waals surface area (Å²) in [6.07, 6.45) is 8.47. The molecule has 21 heavy (non-hydrogen) atoms. The number of nitrogens with zero attached hydrogens (tertiary/aromatic N) is 3. The van der Waals surface area contributed by atoms with Crippen molar-refractivity contribution in [1.29, 1.82) is 0 Å². The molecule has 1 heterocycles. The van der Waals surface area contributed by atoms with Crippen LogP contribution in [0.2, 0.25) is 0 Å². The van der Waals surface area contributed by atoms with E-state index < -0.39 is 5.97 Å². The van der Waals surface area contributed by atoms with Crippen molar-refractivity contribution in [2.45, 2.75) is 19.8 Å². The van der Waals surface area contributed by atoms with Gasteiger partial charge >= 0.3 is 5.97 Å². The van der Waals surface area contributed by atoms with Gasteiger partial charge in [0.15, 0.2) is 0 Å². The maximum Gasteiger partial charge on any atom is 0.303 e. The number of hydrogen-bond acceptors (Lipinski definition) is 5. The third kappa shape index (κ3) is 8.27. The van der Waals surface area contributed by atoms with E-state index in [1.807, 2.05) is 13.0 Å². The van der Waals surface area contributed by atoms with Crippen LogP contribution in [0.3, 0.4) is 0 Å².